The molecule has 0 unspecified atom stereocenters. The van der Waals surface area contributed by atoms with Crippen molar-refractivity contribution in [2.24, 2.45) is 0 Å². The van der Waals surface area contributed by atoms with Crippen LogP contribution < -0.4 is 4.90 Å². The van der Waals surface area contributed by atoms with Crippen molar-refractivity contribution >= 4 is 23.0 Å². The second-order valence-corrected chi connectivity index (χ2v) is 5.64. The zero-order valence-corrected chi connectivity index (χ0v) is 11.0. The quantitative estimate of drug-likeness (QED) is 0.837. The van der Waals surface area contributed by atoms with Gasteiger partial charge >= 0.3 is 5.97 Å². The van der Waals surface area contributed by atoms with Gasteiger partial charge in [-0.1, -0.05) is 25.7 Å². The Morgan fingerprint density at radius 2 is 2.00 bits per heavy atom. The van der Waals surface area contributed by atoms with Gasteiger partial charge in [0, 0.05) is 24.2 Å². The van der Waals surface area contributed by atoms with E-state index < -0.39 is 5.97 Å². The molecule has 4 heteroatoms. The van der Waals surface area contributed by atoms with Gasteiger partial charge in [0.15, 0.2) is 0 Å². The van der Waals surface area contributed by atoms with Crippen molar-refractivity contribution in [2.45, 2.75) is 44.6 Å². The molecule has 0 amide bonds. The maximum Gasteiger partial charge on any atom is 0.345 e. The first-order valence-electron chi connectivity index (χ1n) is 6.23. The molecular weight excluding hydrogens is 234 g/mol. The van der Waals surface area contributed by atoms with Gasteiger partial charge in [0.1, 0.15) is 4.88 Å². The van der Waals surface area contributed by atoms with Crippen LogP contribution in [0.1, 0.15) is 48.2 Å². The van der Waals surface area contributed by atoms with E-state index in [1.54, 1.807) is 6.07 Å². The van der Waals surface area contributed by atoms with Gasteiger partial charge in [0.25, 0.3) is 0 Å². The van der Waals surface area contributed by atoms with E-state index in [4.69, 9.17) is 5.11 Å². The Balaban J connectivity index is 2.06. The highest BCUT2D eigenvalue weighted by Gasteiger charge is 2.19. The number of aromatic carboxylic acids is 1. The fraction of sp³-hybridized carbons (Fsp3) is 0.615. The third-order valence-corrected chi connectivity index (χ3v) is 4.48. The summed E-state index contributed by atoms with van der Waals surface area (Å²) >= 11 is 1.31. The lowest BCUT2D eigenvalue weighted by Gasteiger charge is -2.28. The molecule has 0 aliphatic heterocycles. The van der Waals surface area contributed by atoms with Crippen molar-refractivity contribution in [3.05, 3.63) is 16.3 Å². The molecule has 94 valence electrons. The molecule has 1 aliphatic carbocycles. The van der Waals surface area contributed by atoms with Crippen LogP contribution in [0.15, 0.2) is 11.4 Å². The highest BCUT2D eigenvalue weighted by molar-refractivity contribution is 7.12. The van der Waals surface area contributed by atoms with E-state index in [2.05, 4.69) is 11.9 Å². The van der Waals surface area contributed by atoms with Crippen molar-refractivity contribution in [1.29, 1.82) is 0 Å². The van der Waals surface area contributed by atoms with Crippen molar-refractivity contribution in [2.75, 3.05) is 11.9 Å². The molecule has 2 rings (SSSR count). The Labute approximate surface area is 106 Å². The summed E-state index contributed by atoms with van der Waals surface area (Å²) in [4.78, 5) is 13.5. The second-order valence-electron chi connectivity index (χ2n) is 4.73. The van der Waals surface area contributed by atoms with Gasteiger partial charge in [0.05, 0.1) is 0 Å². The number of hydrogen-bond acceptors (Lipinski definition) is 3. The minimum atomic E-state index is -0.824. The van der Waals surface area contributed by atoms with Crippen molar-refractivity contribution < 1.29 is 9.90 Å². The molecule has 1 aromatic heterocycles. The van der Waals surface area contributed by atoms with Crippen LogP contribution in [0.3, 0.4) is 0 Å². The normalized spacial score (nSPS) is 17.7. The molecule has 3 nitrogen and oxygen atoms in total. The van der Waals surface area contributed by atoms with Crippen LogP contribution in [0.2, 0.25) is 0 Å². The van der Waals surface area contributed by atoms with E-state index in [1.165, 1.54) is 49.9 Å². The van der Waals surface area contributed by atoms with E-state index in [9.17, 15) is 4.79 Å². The first-order chi connectivity index (χ1) is 8.18. The Bertz CT molecular complexity index is 381. The molecule has 1 fully saturated rings. The third kappa shape index (κ3) is 3.00. The zero-order chi connectivity index (χ0) is 12.3. The first kappa shape index (κ1) is 12.4. The molecular formula is C13H19NO2S. The van der Waals surface area contributed by atoms with Gasteiger partial charge in [-0.15, -0.1) is 11.3 Å². The molecule has 0 saturated heterocycles. The van der Waals surface area contributed by atoms with Gasteiger partial charge in [0.2, 0.25) is 0 Å². The summed E-state index contributed by atoms with van der Waals surface area (Å²) in [6.07, 6.45) is 7.74. The number of rotatable bonds is 3. The topological polar surface area (TPSA) is 40.5 Å². The average Bonchev–Trinajstić information content (AvgIpc) is 2.65. The number of anilines is 1. The molecule has 1 aliphatic rings. The maximum atomic E-state index is 10.9. The summed E-state index contributed by atoms with van der Waals surface area (Å²) in [5, 5.41) is 10.9. The lowest BCUT2D eigenvalue weighted by molar-refractivity contribution is 0.0702. The number of hydrogen-bond donors (Lipinski definition) is 1. The predicted molar refractivity (Wildman–Crippen MR) is 71.2 cm³/mol. The number of carboxylic acid groups (broad SMARTS) is 1. The average molecular weight is 253 g/mol. The fourth-order valence-electron chi connectivity index (χ4n) is 2.48. The van der Waals surface area contributed by atoms with E-state index in [1.807, 2.05) is 5.38 Å². The second kappa shape index (κ2) is 5.54. The zero-order valence-electron chi connectivity index (χ0n) is 10.2. The van der Waals surface area contributed by atoms with Crippen LogP contribution in [-0.4, -0.2) is 24.2 Å². The number of thiophene rings is 1. The largest absolute Gasteiger partial charge is 0.477 e. The third-order valence-electron chi connectivity index (χ3n) is 3.58. The Kier molecular flexibility index (Phi) is 4.05. The van der Waals surface area contributed by atoms with Gasteiger partial charge in [-0.25, -0.2) is 4.79 Å². The van der Waals surface area contributed by atoms with Crippen LogP contribution >= 0.6 is 11.3 Å². The fourth-order valence-corrected chi connectivity index (χ4v) is 3.25. The minimum absolute atomic E-state index is 0.431. The summed E-state index contributed by atoms with van der Waals surface area (Å²) < 4.78 is 0. The van der Waals surface area contributed by atoms with Gasteiger partial charge < -0.3 is 10.0 Å². The summed E-state index contributed by atoms with van der Waals surface area (Å²) in [6.45, 7) is 0. The Morgan fingerprint density at radius 1 is 1.35 bits per heavy atom. The molecule has 1 saturated carbocycles. The molecule has 0 radical (unpaired) electrons. The molecule has 0 bridgehead atoms. The predicted octanol–water partition coefficient (Wildman–Crippen LogP) is 3.61. The molecule has 0 atom stereocenters. The molecule has 17 heavy (non-hydrogen) atoms. The molecule has 0 aromatic carbocycles. The molecule has 1 N–H and O–H groups in total. The Hall–Kier alpha value is -1.03. The lowest BCUT2D eigenvalue weighted by Crippen LogP contribution is -2.30. The van der Waals surface area contributed by atoms with Crippen LogP contribution in [0.25, 0.3) is 0 Å². The monoisotopic (exact) mass is 253 g/mol. The van der Waals surface area contributed by atoms with Crippen LogP contribution in [0, 0.1) is 0 Å². The SMILES string of the molecule is CN(c1csc(C(=O)O)c1)C1CCCCCC1. The molecule has 1 heterocycles. The smallest absolute Gasteiger partial charge is 0.345 e. The van der Waals surface area contributed by atoms with Gasteiger partial charge in [-0.05, 0) is 18.9 Å². The molecule has 0 spiro atoms. The van der Waals surface area contributed by atoms with Crippen LogP contribution in [0.5, 0.6) is 0 Å². The summed E-state index contributed by atoms with van der Waals surface area (Å²) in [5.41, 5.74) is 1.05. The highest BCUT2D eigenvalue weighted by atomic mass is 32.1. The standard InChI is InChI=1S/C13H19NO2S/c1-14(10-6-4-2-3-5-7-10)11-8-12(13(15)16)17-9-11/h8-10H,2-7H2,1H3,(H,15,16). The van der Waals surface area contributed by atoms with E-state index >= 15 is 0 Å². The van der Waals surface area contributed by atoms with Crippen molar-refractivity contribution in [3.8, 4) is 0 Å². The number of nitrogens with zero attached hydrogens (tertiary/aromatic N) is 1. The van der Waals surface area contributed by atoms with Crippen molar-refractivity contribution in [1.82, 2.24) is 0 Å². The van der Waals surface area contributed by atoms with E-state index in [-0.39, 0.29) is 0 Å². The summed E-state index contributed by atoms with van der Waals surface area (Å²) in [5.74, 6) is -0.824. The number of carbonyl (C=O) groups is 1. The minimum Gasteiger partial charge on any atom is -0.477 e. The van der Waals surface area contributed by atoms with Gasteiger partial charge in [-0.3, -0.25) is 0 Å². The van der Waals surface area contributed by atoms with Gasteiger partial charge in [-0.2, -0.15) is 0 Å². The first-order valence-corrected chi connectivity index (χ1v) is 7.11. The highest BCUT2D eigenvalue weighted by Crippen LogP contribution is 2.28. The van der Waals surface area contributed by atoms with Crippen LogP contribution in [0.4, 0.5) is 5.69 Å². The van der Waals surface area contributed by atoms with E-state index in [0.717, 1.165) is 5.69 Å². The summed E-state index contributed by atoms with van der Waals surface area (Å²) in [6, 6.07) is 2.37. The lowest BCUT2D eigenvalue weighted by atomic mass is 10.1. The number of carboxylic acids is 1. The maximum absolute atomic E-state index is 10.9. The Morgan fingerprint density at radius 3 is 2.53 bits per heavy atom. The molecule has 1 aromatic rings. The van der Waals surface area contributed by atoms with Crippen LogP contribution in [-0.2, 0) is 0 Å². The van der Waals surface area contributed by atoms with E-state index in [0.29, 0.717) is 10.9 Å². The summed E-state index contributed by atoms with van der Waals surface area (Å²) in [7, 11) is 2.09. The van der Waals surface area contributed by atoms with Crippen molar-refractivity contribution in [3.63, 3.8) is 0 Å².